The van der Waals surface area contributed by atoms with Gasteiger partial charge in [-0.05, 0) is 73.0 Å². The van der Waals surface area contributed by atoms with Crippen molar-refractivity contribution in [2.45, 2.75) is 36.8 Å². The summed E-state index contributed by atoms with van der Waals surface area (Å²) in [5, 5.41) is 15.7. The lowest BCUT2D eigenvalue weighted by molar-refractivity contribution is -0.137. The maximum absolute atomic E-state index is 13.4. The zero-order valence-electron chi connectivity index (χ0n) is 22.4. The number of hydrogen-bond acceptors (Lipinski definition) is 7. The fourth-order valence-corrected chi connectivity index (χ4v) is 5.79. The van der Waals surface area contributed by atoms with E-state index >= 15 is 0 Å². The monoisotopic (exact) mass is 617 g/mol. The zero-order chi connectivity index (χ0) is 30.7. The number of rotatable bonds is 9. The molecule has 2 amide bonds. The third-order valence-corrected chi connectivity index (χ3v) is 9.11. The molecule has 3 N–H and O–H groups in total. The number of alkyl halides is 3. The van der Waals surface area contributed by atoms with E-state index in [4.69, 9.17) is 0 Å². The third kappa shape index (κ3) is 7.22. The molecule has 0 aliphatic carbocycles. The fraction of sp³-hybridized carbons (Fsp3) is 0.207. The number of amides is 2. The molecular formula is C29H26F3N3O5S2. The lowest BCUT2D eigenvalue weighted by Gasteiger charge is -2.12. The Morgan fingerprint density at radius 1 is 0.976 bits per heavy atom. The van der Waals surface area contributed by atoms with Gasteiger partial charge >= 0.3 is 6.18 Å². The maximum atomic E-state index is 13.4. The van der Waals surface area contributed by atoms with E-state index in [-0.39, 0.29) is 26.7 Å². The number of halogens is 3. The topological polar surface area (TPSA) is 125 Å². The van der Waals surface area contributed by atoms with E-state index in [1.54, 1.807) is 29.6 Å². The number of nitrogens with zero attached hydrogens (tertiary/aromatic N) is 1. The van der Waals surface area contributed by atoms with Crippen molar-refractivity contribution in [2.75, 3.05) is 11.9 Å². The fourth-order valence-electron chi connectivity index (χ4n) is 3.95. The molecule has 0 aliphatic rings. The van der Waals surface area contributed by atoms with Gasteiger partial charge in [0.1, 0.15) is 0 Å². The molecule has 0 radical (unpaired) electrons. The van der Waals surface area contributed by atoms with Crippen LogP contribution < -0.4 is 10.6 Å². The van der Waals surface area contributed by atoms with E-state index in [1.165, 1.54) is 44.2 Å². The van der Waals surface area contributed by atoms with Crippen LogP contribution in [0.2, 0.25) is 0 Å². The second-order valence-corrected chi connectivity index (χ2v) is 12.9. The van der Waals surface area contributed by atoms with Gasteiger partial charge in [-0.1, -0.05) is 24.3 Å². The SMILES string of the molecule is CC(C)S(=O)(=O)c1cccc(C(=O)NCC(=O)Nc2nc(-c3cccc(-c4cc(CO)cc(C(F)(F)F)c4)c3)cs2)c1. The van der Waals surface area contributed by atoms with Crippen LogP contribution in [0.3, 0.4) is 0 Å². The van der Waals surface area contributed by atoms with E-state index in [0.29, 0.717) is 16.8 Å². The summed E-state index contributed by atoms with van der Waals surface area (Å²) in [5.41, 5.74) is 1.18. The largest absolute Gasteiger partial charge is 0.416 e. The van der Waals surface area contributed by atoms with E-state index in [0.717, 1.165) is 23.5 Å². The molecule has 4 rings (SSSR count). The van der Waals surface area contributed by atoms with Crippen molar-refractivity contribution in [3.05, 3.63) is 88.8 Å². The molecule has 0 bridgehead atoms. The number of hydrogen-bond donors (Lipinski definition) is 3. The molecule has 8 nitrogen and oxygen atoms in total. The van der Waals surface area contributed by atoms with Gasteiger partial charge in [0.25, 0.3) is 5.91 Å². The number of aliphatic hydroxyl groups excluding tert-OH is 1. The van der Waals surface area contributed by atoms with Crippen LogP contribution in [0.4, 0.5) is 18.3 Å². The summed E-state index contributed by atoms with van der Waals surface area (Å²) in [6.07, 6.45) is -4.57. The second-order valence-electron chi connectivity index (χ2n) is 9.55. The highest BCUT2D eigenvalue weighted by Crippen LogP contribution is 2.35. The number of sulfone groups is 1. The predicted molar refractivity (Wildman–Crippen MR) is 154 cm³/mol. The van der Waals surface area contributed by atoms with Crippen molar-refractivity contribution in [3.63, 3.8) is 0 Å². The average molecular weight is 618 g/mol. The molecule has 0 fully saturated rings. The van der Waals surface area contributed by atoms with Gasteiger partial charge in [0, 0.05) is 16.5 Å². The van der Waals surface area contributed by atoms with Crippen molar-refractivity contribution in [3.8, 4) is 22.4 Å². The van der Waals surface area contributed by atoms with Gasteiger partial charge < -0.3 is 15.7 Å². The molecule has 13 heteroatoms. The molecular weight excluding hydrogens is 591 g/mol. The summed E-state index contributed by atoms with van der Waals surface area (Å²) >= 11 is 1.12. The van der Waals surface area contributed by atoms with E-state index in [2.05, 4.69) is 15.6 Å². The number of anilines is 1. The Morgan fingerprint density at radius 2 is 1.69 bits per heavy atom. The average Bonchev–Trinajstić information content (AvgIpc) is 3.43. The van der Waals surface area contributed by atoms with E-state index in [1.807, 2.05) is 0 Å². The van der Waals surface area contributed by atoms with Crippen LogP contribution in [0.25, 0.3) is 22.4 Å². The van der Waals surface area contributed by atoms with Crippen LogP contribution in [0.15, 0.2) is 77.0 Å². The van der Waals surface area contributed by atoms with Crippen molar-refractivity contribution >= 4 is 38.1 Å². The highest BCUT2D eigenvalue weighted by Gasteiger charge is 2.31. The number of benzene rings is 3. The number of thiazole rings is 1. The minimum atomic E-state index is -4.57. The first-order valence-electron chi connectivity index (χ1n) is 12.6. The number of aliphatic hydroxyl groups is 1. The van der Waals surface area contributed by atoms with E-state index in [9.17, 15) is 36.3 Å². The summed E-state index contributed by atoms with van der Waals surface area (Å²) in [6.45, 7) is 2.14. The summed E-state index contributed by atoms with van der Waals surface area (Å²) < 4.78 is 64.8. The lowest BCUT2D eigenvalue weighted by Crippen LogP contribution is -2.33. The van der Waals surface area contributed by atoms with Crippen LogP contribution in [-0.4, -0.2) is 42.1 Å². The zero-order valence-corrected chi connectivity index (χ0v) is 24.0. The van der Waals surface area contributed by atoms with Crippen LogP contribution in [-0.2, 0) is 27.4 Å². The second kappa shape index (κ2) is 12.4. The summed E-state index contributed by atoms with van der Waals surface area (Å²) in [6, 6.07) is 15.6. The minimum absolute atomic E-state index is 0.0101. The van der Waals surface area contributed by atoms with Gasteiger partial charge in [-0.15, -0.1) is 11.3 Å². The first-order chi connectivity index (χ1) is 19.8. The first kappa shape index (κ1) is 30.9. The van der Waals surface area contributed by atoms with Gasteiger partial charge in [0.2, 0.25) is 5.91 Å². The van der Waals surface area contributed by atoms with Crippen LogP contribution in [0.5, 0.6) is 0 Å². The molecule has 0 saturated carbocycles. The Labute approximate surface area is 244 Å². The van der Waals surface area contributed by atoms with E-state index < -0.39 is 51.8 Å². The molecule has 1 heterocycles. The van der Waals surface area contributed by atoms with Gasteiger partial charge in [-0.2, -0.15) is 13.2 Å². The highest BCUT2D eigenvalue weighted by atomic mass is 32.2. The normalized spacial score (nSPS) is 11.9. The number of nitrogens with one attached hydrogen (secondary N) is 2. The molecule has 3 aromatic carbocycles. The van der Waals surface area contributed by atoms with Gasteiger partial charge in [0.05, 0.1) is 34.6 Å². The third-order valence-electron chi connectivity index (χ3n) is 6.20. The summed E-state index contributed by atoms with van der Waals surface area (Å²) in [7, 11) is -3.58. The summed E-state index contributed by atoms with van der Waals surface area (Å²) in [4.78, 5) is 29.4. The van der Waals surface area contributed by atoms with Gasteiger partial charge in [-0.25, -0.2) is 13.4 Å². The number of carbonyl (C=O) groups excluding carboxylic acids is 2. The summed E-state index contributed by atoms with van der Waals surface area (Å²) in [5.74, 6) is -1.19. The quantitative estimate of drug-likeness (QED) is 0.227. The van der Waals surface area contributed by atoms with Crippen molar-refractivity contribution in [1.82, 2.24) is 10.3 Å². The Kier molecular flexibility index (Phi) is 9.14. The molecule has 0 atom stereocenters. The maximum Gasteiger partial charge on any atom is 0.416 e. The van der Waals surface area contributed by atoms with Crippen LogP contribution in [0, 0.1) is 0 Å². The molecule has 0 saturated heterocycles. The smallest absolute Gasteiger partial charge is 0.392 e. The minimum Gasteiger partial charge on any atom is -0.392 e. The number of aromatic nitrogens is 1. The standard InChI is InChI=1S/C29H26F3N3O5S2/c1-17(2)42(39,40)24-8-4-7-21(13-24)27(38)33-14-26(37)35-28-34-25(16-41-28)20-6-3-5-19(11-20)22-9-18(15-36)10-23(12-22)29(30,31)32/h3-13,16-17,36H,14-15H2,1-2H3,(H,33,38)(H,34,35,37). The highest BCUT2D eigenvalue weighted by molar-refractivity contribution is 7.92. The van der Waals surface area contributed by atoms with Gasteiger partial charge in [0.15, 0.2) is 15.0 Å². The molecule has 4 aromatic rings. The number of carbonyl (C=O) groups is 2. The van der Waals surface area contributed by atoms with Gasteiger partial charge in [-0.3, -0.25) is 9.59 Å². The lowest BCUT2D eigenvalue weighted by atomic mass is 9.98. The Morgan fingerprint density at radius 3 is 2.38 bits per heavy atom. The Balaban J connectivity index is 1.43. The molecule has 1 aromatic heterocycles. The Bertz CT molecular complexity index is 1730. The molecule has 0 unspecified atom stereocenters. The first-order valence-corrected chi connectivity index (χ1v) is 15.0. The molecule has 0 spiro atoms. The molecule has 0 aliphatic heterocycles. The molecule has 42 heavy (non-hydrogen) atoms. The van der Waals surface area contributed by atoms with Crippen LogP contribution >= 0.6 is 11.3 Å². The van der Waals surface area contributed by atoms with Crippen molar-refractivity contribution < 1.29 is 36.3 Å². The van der Waals surface area contributed by atoms with Crippen molar-refractivity contribution in [2.24, 2.45) is 0 Å². The Hall–Kier alpha value is -4.07. The van der Waals surface area contributed by atoms with Crippen molar-refractivity contribution in [1.29, 1.82) is 0 Å². The molecule has 220 valence electrons. The van der Waals surface area contributed by atoms with Crippen LogP contribution in [0.1, 0.15) is 35.3 Å². The predicted octanol–water partition coefficient (Wildman–Crippen LogP) is 5.54.